The summed E-state index contributed by atoms with van der Waals surface area (Å²) in [6, 6.07) is 0.328. The monoisotopic (exact) mass is 277 g/mol. The van der Waals surface area contributed by atoms with Crippen molar-refractivity contribution < 1.29 is 4.79 Å². The standard InChI is InChI=1S/C15H23N3O2/c1-4-12-7-5-6-8-18(12)14(19)9-13-10(2)16-11(3)17-15(13)20/h12H,4-9H2,1-3H3,(H,16,17,20). The third kappa shape index (κ3) is 3.08. The van der Waals surface area contributed by atoms with Crippen molar-refractivity contribution in [1.29, 1.82) is 0 Å². The maximum atomic E-state index is 12.5. The predicted octanol–water partition coefficient (Wildman–Crippen LogP) is 1.72. The molecule has 0 aliphatic carbocycles. The number of aromatic amines is 1. The summed E-state index contributed by atoms with van der Waals surface area (Å²) in [7, 11) is 0. The Morgan fingerprint density at radius 2 is 2.15 bits per heavy atom. The fourth-order valence-corrected chi connectivity index (χ4v) is 2.97. The normalized spacial score (nSPS) is 19.1. The highest BCUT2D eigenvalue weighted by molar-refractivity contribution is 5.79. The van der Waals surface area contributed by atoms with Gasteiger partial charge in [-0.15, -0.1) is 0 Å². The lowest BCUT2D eigenvalue weighted by molar-refractivity contribution is -0.134. The van der Waals surface area contributed by atoms with Crippen molar-refractivity contribution in [3.8, 4) is 0 Å². The second kappa shape index (κ2) is 6.20. The van der Waals surface area contributed by atoms with Crippen molar-refractivity contribution in [2.75, 3.05) is 6.54 Å². The minimum atomic E-state index is -0.187. The van der Waals surface area contributed by atoms with Gasteiger partial charge in [0.25, 0.3) is 5.56 Å². The number of amides is 1. The van der Waals surface area contributed by atoms with E-state index in [1.807, 2.05) is 4.90 Å². The third-order valence-electron chi connectivity index (χ3n) is 4.09. The molecule has 1 aliphatic rings. The number of rotatable bonds is 3. The Morgan fingerprint density at radius 1 is 1.40 bits per heavy atom. The topological polar surface area (TPSA) is 66.1 Å². The van der Waals surface area contributed by atoms with Crippen LogP contribution in [0.1, 0.15) is 49.7 Å². The van der Waals surface area contributed by atoms with E-state index in [9.17, 15) is 9.59 Å². The van der Waals surface area contributed by atoms with Crippen LogP contribution in [0.2, 0.25) is 0 Å². The summed E-state index contributed by atoms with van der Waals surface area (Å²) in [5.41, 5.74) is 0.971. The van der Waals surface area contributed by atoms with E-state index in [2.05, 4.69) is 16.9 Å². The van der Waals surface area contributed by atoms with Crippen LogP contribution in [0.5, 0.6) is 0 Å². The molecule has 1 N–H and O–H groups in total. The average Bonchev–Trinajstić information content (AvgIpc) is 2.42. The number of nitrogens with one attached hydrogen (secondary N) is 1. The SMILES string of the molecule is CCC1CCCCN1C(=O)Cc1c(C)nc(C)[nH]c1=O. The van der Waals surface area contributed by atoms with Gasteiger partial charge in [-0.2, -0.15) is 0 Å². The molecule has 2 heterocycles. The number of H-pyrrole nitrogens is 1. The Morgan fingerprint density at radius 3 is 2.80 bits per heavy atom. The van der Waals surface area contributed by atoms with Crippen LogP contribution in [-0.2, 0) is 11.2 Å². The van der Waals surface area contributed by atoms with Crippen molar-refractivity contribution in [2.24, 2.45) is 0 Å². The minimum absolute atomic E-state index is 0.0517. The number of aryl methyl sites for hydroxylation is 2. The van der Waals surface area contributed by atoms with Crippen molar-refractivity contribution in [1.82, 2.24) is 14.9 Å². The molecule has 5 nitrogen and oxygen atoms in total. The van der Waals surface area contributed by atoms with Crippen molar-refractivity contribution in [3.05, 3.63) is 27.4 Å². The number of carbonyl (C=O) groups excluding carboxylic acids is 1. The molecule has 2 rings (SSSR count). The highest BCUT2D eigenvalue weighted by Crippen LogP contribution is 2.20. The van der Waals surface area contributed by atoms with Gasteiger partial charge in [-0.3, -0.25) is 9.59 Å². The number of hydrogen-bond donors (Lipinski definition) is 1. The van der Waals surface area contributed by atoms with E-state index in [4.69, 9.17) is 0 Å². The summed E-state index contributed by atoms with van der Waals surface area (Å²) in [6.07, 6.45) is 4.46. The molecule has 20 heavy (non-hydrogen) atoms. The summed E-state index contributed by atoms with van der Waals surface area (Å²) in [5.74, 6) is 0.643. The fraction of sp³-hybridized carbons (Fsp3) is 0.667. The largest absolute Gasteiger partial charge is 0.339 e. The van der Waals surface area contributed by atoms with E-state index in [0.717, 1.165) is 25.8 Å². The number of hydrogen-bond acceptors (Lipinski definition) is 3. The molecular formula is C15H23N3O2. The van der Waals surface area contributed by atoms with Crippen LogP contribution < -0.4 is 5.56 Å². The molecule has 5 heteroatoms. The number of likely N-dealkylation sites (tertiary alicyclic amines) is 1. The minimum Gasteiger partial charge on any atom is -0.339 e. The highest BCUT2D eigenvalue weighted by atomic mass is 16.2. The fourth-order valence-electron chi connectivity index (χ4n) is 2.97. The van der Waals surface area contributed by atoms with Gasteiger partial charge in [0.05, 0.1) is 6.42 Å². The molecule has 0 radical (unpaired) electrons. The lowest BCUT2D eigenvalue weighted by Crippen LogP contribution is -2.44. The van der Waals surface area contributed by atoms with E-state index in [1.165, 1.54) is 6.42 Å². The van der Waals surface area contributed by atoms with E-state index in [1.54, 1.807) is 13.8 Å². The molecular weight excluding hydrogens is 254 g/mol. The summed E-state index contributed by atoms with van der Waals surface area (Å²) in [5, 5.41) is 0. The third-order valence-corrected chi connectivity index (χ3v) is 4.09. The molecule has 110 valence electrons. The molecule has 1 aliphatic heterocycles. The first-order chi connectivity index (χ1) is 9.52. The lowest BCUT2D eigenvalue weighted by atomic mass is 9.99. The number of carbonyl (C=O) groups is 1. The number of nitrogens with zero attached hydrogens (tertiary/aromatic N) is 2. The maximum absolute atomic E-state index is 12.5. The molecule has 0 aromatic carbocycles. The molecule has 1 saturated heterocycles. The van der Waals surface area contributed by atoms with Gasteiger partial charge in [0.2, 0.25) is 5.91 Å². The second-order valence-electron chi connectivity index (χ2n) is 5.54. The van der Waals surface area contributed by atoms with E-state index in [-0.39, 0.29) is 17.9 Å². The van der Waals surface area contributed by atoms with Crippen LogP contribution in [0.4, 0.5) is 0 Å². The van der Waals surface area contributed by atoms with Crippen LogP contribution in [0.25, 0.3) is 0 Å². The maximum Gasteiger partial charge on any atom is 0.254 e. The van der Waals surface area contributed by atoms with E-state index >= 15 is 0 Å². The Labute approximate surface area is 119 Å². The molecule has 1 aromatic rings. The Balaban J connectivity index is 2.17. The molecule has 0 bridgehead atoms. The molecule has 0 spiro atoms. The summed E-state index contributed by atoms with van der Waals surface area (Å²) >= 11 is 0. The van der Waals surface area contributed by atoms with Gasteiger partial charge >= 0.3 is 0 Å². The summed E-state index contributed by atoms with van der Waals surface area (Å²) < 4.78 is 0. The van der Waals surface area contributed by atoms with Crippen LogP contribution >= 0.6 is 0 Å². The van der Waals surface area contributed by atoms with Crippen LogP contribution in [0.15, 0.2) is 4.79 Å². The van der Waals surface area contributed by atoms with Crippen molar-refractivity contribution in [2.45, 2.75) is 58.9 Å². The van der Waals surface area contributed by atoms with E-state index < -0.39 is 0 Å². The smallest absolute Gasteiger partial charge is 0.254 e. The van der Waals surface area contributed by atoms with Crippen molar-refractivity contribution in [3.63, 3.8) is 0 Å². The zero-order valence-electron chi connectivity index (χ0n) is 12.5. The zero-order chi connectivity index (χ0) is 14.7. The van der Waals surface area contributed by atoms with Crippen molar-refractivity contribution >= 4 is 5.91 Å². The number of piperidine rings is 1. The quantitative estimate of drug-likeness (QED) is 0.915. The molecule has 1 unspecified atom stereocenters. The van der Waals surface area contributed by atoms with Gasteiger partial charge in [-0.25, -0.2) is 4.98 Å². The van der Waals surface area contributed by atoms with Gasteiger partial charge in [-0.05, 0) is 39.5 Å². The first kappa shape index (κ1) is 14.8. The average molecular weight is 277 g/mol. The Hall–Kier alpha value is -1.65. The molecule has 1 aromatic heterocycles. The molecule has 1 fully saturated rings. The van der Waals surface area contributed by atoms with Gasteiger partial charge in [0, 0.05) is 23.8 Å². The van der Waals surface area contributed by atoms with Gasteiger partial charge < -0.3 is 9.88 Å². The molecule has 1 amide bonds. The van der Waals surface area contributed by atoms with Gasteiger partial charge in [0.1, 0.15) is 5.82 Å². The summed E-state index contributed by atoms with van der Waals surface area (Å²) in [4.78, 5) is 33.3. The lowest BCUT2D eigenvalue weighted by Gasteiger charge is -2.35. The van der Waals surface area contributed by atoms with Crippen LogP contribution in [0, 0.1) is 13.8 Å². The summed E-state index contributed by atoms with van der Waals surface area (Å²) in [6.45, 7) is 6.46. The van der Waals surface area contributed by atoms with E-state index in [0.29, 0.717) is 23.1 Å². The predicted molar refractivity (Wildman–Crippen MR) is 77.7 cm³/mol. The van der Waals surface area contributed by atoms with Crippen LogP contribution in [0.3, 0.4) is 0 Å². The highest BCUT2D eigenvalue weighted by Gasteiger charge is 2.26. The zero-order valence-corrected chi connectivity index (χ0v) is 12.5. The molecule has 1 atom stereocenters. The Bertz CT molecular complexity index is 551. The Kier molecular flexibility index (Phi) is 4.57. The first-order valence-corrected chi connectivity index (χ1v) is 7.38. The van der Waals surface area contributed by atoms with Gasteiger partial charge in [-0.1, -0.05) is 6.92 Å². The second-order valence-corrected chi connectivity index (χ2v) is 5.54. The van der Waals surface area contributed by atoms with Crippen LogP contribution in [-0.4, -0.2) is 33.4 Å². The number of aromatic nitrogens is 2. The first-order valence-electron chi connectivity index (χ1n) is 7.38. The molecule has 0 saturated carbocycles. The van der Waals surface area contributed by atoms with Gasteiger partial charge in [0.15, 0.2) is 0 Å².